The normalized spacial score (nSPS) is 21.3. The monoisotopic (exact) mass is 356 g/mol. The molecule has 1 spiro atoms. The van der Waals surface area contributed by atoms with E-state index in [1.807, 2.05) is 18.2 Å². The first-order chi connectivity index (χ1) is 12.5. The van der Waals surface area contributed by atoms with Crippen molar-refractivity contribution in [1.82, 2.24) is 9.88 Å². The second-order valence-electron chi connectivity index (χ2n) is 7.05. The van der Waals surface area contributed by atoms with Gasteiger partial charge < -0.3 is 14.4 Å². The Hall–Kier alpha value is -2.47. The minimum Gasteiger partial charge on any atom is -0.474 e. The van der Waals surface area contributed by atoms with Crippen LogP contribution in [-0.2, 0) is 4.74 Å². The van der Waals surface area contributed by atoms with E-state index in [0.717, 1.165) is 12.8 Å². The van der Waals surface area contributed by atoms with Gasteiger partial charge in [0, 0.05) is 30.7 Å². The zero-order valence-electron chi connectivity index (χ0n) is 14.7. The van der Waals surface area contributed by atoms with Gasteiger partial charge in [0.25, 0.3) is 5.91 Å². The molecule has 2 aliphatic rings. The van der Waals surface area contributed by atoms with Crippen molar-refractivity contribution in [2.45, 2.75) is 31.5 Å². The van der Waals surface area contributed by atoms with Crippen LogP contribution in [0.3, 0.4) is 0 Å². The lowest BCUT2D eigenvalue weighted by Crippen LogP contribution is -2.67. The molecule has 0 N–H and O–H groups in total. The van der Waals surface area contributed by atoms with Crippen LogP contribution < -0.4 is 4.74 Å². The smallest absolute Gasteiger partial charge is 0.254 e. The third kappa shape index (κ3) is 3.29. The van der Waals surface area contributed by atoms with Crippen molar-refractivity contribution in [2.24, 2.45) is 0 Å². The molecule has 4 rings (SSSR count). The van der Waals surface area contributed by atoms with Crippen LogP contribution in [0.25, 0.3) is 0 Å². The van der Waals surface area contributed by atoms with Crippen LogP contribution in [0.1, 0.15) is 28.8 Å². The number of pyridine rings is 1. The van der Waals surface area contributed by atoms with Gasteiger partial charge in [-0.05, 0) is 36.8 Å². The van der Waals surface area contributed by atoms with Gasteiger partial charge in [0.05, 0.1) is 19.7 Å². The molecule has 5 nitrogen and oxygen atoms in total. The second-order valence-corrected chi connectivity index (χ2v) is 7.05. The van der Waals surface area contributed by atoms with Gasteiger partial charge in [0.15, 0.2) is 0 Å². The number of aryl methyl sites for hydroxylation is 1. The number of ether oxygens (including phenoxy) is 2. The summed E-state index contributed by atoms with van der Waals surface area (Å²) in [4.78, 5) is 18.6. The average molecular weight is 356 g/mol. The van der Waals surface area contributed by atoms with E-state index < -0.39 is 0 Å². The van der Waals surface area contributed by atoms with E-state index in [0.29, 0.717) is 36.7 Å². The van der Waals surface area contributed by atoms with Crippen LogP contribution in [0.15, 0.2) is 42.6 Å². The number of rotatable bonds is 3. The maximum atomic E-state index is 13.3. The summed E-state index contributed by atoms with van der Waals surface area (Å²) in [5.74, 6) is 0.206. The Bertz CT molecular complexity index is 806. The molecule has 0 unspecified atom stereocenters. The van der Waals surface area contributed by atoms with Crippen LogP contribution in [-0.4, -0.2) is 47.2 Å². The highest BCUT2D eigenvalue weighted by molar-refractivity contribution is 5.96. The molecule has 2 aliphatic heterocycles. The standard InChI is InChI=1S/C20H21FN2O3/c1-14-10-15(21)5-6-17(14)19(24)23-12-20(13-23)11-16(7-9-25-20)26-18-4-2-3-8-22-18/h2-6,8,10,16H,7,9,11-13H2,1H3/t16-/m0/s1. The van der Waals surface area contributed by atoms with Crippen molar-refractivity contribution in [3.63, 3.8) is 0 Å². The molecule has 0 bridgehead atoms. The maximum Gasteiger partial charge on any atom is 0.254 e. The van der Waals surface area contributed by atoms with Crippen molar-refractivity contribution in [3.8, 4) is 5.88 Å². The van der Waals surface area contributed by atoms with Crippen molar-refractivity contribution in [1.29, 1.82) is 0 Å². The molecule has 1 aromatic carbocycles. The largest absolute Gasteiger partial charge is 0.474 e. The summed E-state index contributed by atoms with van der Waals surface area (Å²) in [6.07, 6.45) is 3.28. The van der Waals surface area contributed by atoms with Gasteiger partial charge in [-0.2, -0.15) is 0 Å². The van der Waals surface area contributed by atoms with Gasteiger partial charge in [-0.15, -0.1) is 0 Å². The van der Waals surface area contributed by atoms with E-state index >= 15 is 0 Å². The molecule has 3 heterocycles. The lowest BCUT2D eigenvalue weighted by molar-refractivity contribution is -0.174. The summed E-state index contributed by atoms with van der Waals surface area (Å²) in [6.45, 7) is 3.42. The molecule has 6 heteroatoms. The van der Waals surface area contributed by atoms with E-state index in [9.17, 15) is 9.18 Å². The number of benzene rings is 1. The van der Waals surface area contributed by atoms with Crippen LogP contribution in [0.4, 0.5) is 4.39 Å². The van der Waals surface area contributed by atoms with Crippen LogP contribution in [0.5, 0.6) is 5.88 Å². The van der Waals surface area contributed by atoms with Gasteiger partial charge in [-0.1, -0.05) is 6.07 Å². The van der Waals surface area contributed by atoms with Gasteiger partial charge in [0.2, 0.25) is 5.88 Å². The molecule has 1 aromatic heterocycles. The number of carbonyl (C=O) groups is 1. The van der Waals surface area contributed by atoms with Gasteiger partial charge in [-0.25, -0.2) is 9.37 Å². The Morgan fingerprint density at radius 2 is 2.19 bits per heavy atom. The number of carbonyl (C=O) groups excluding carboxylic acids is 1. The highest BCUT2D eigenvalue weighted by Gasteiger charge is 2.50. The highest BCUT2D eigenvalue weighted by Crippen LogP contribution is 2.36. The fourth-order valence-corrected chi connectivity index (χ4v) is 3.72. The van der Waals surface area contributed by atoms with E-state index in [4.69, 9.17) is 9.47 Å². The number of amides is 1. The molecule has 0 saturated carbocycles. The Labute approximate surface area is 151 Å². The summed E-state index contributed by atoms with van der Waals surface area (Å²) >= 11 is 0. The van der Waals surface area contributed by atoms with Crippen LogP contribution in [0, 0.1) is 12.7 Å². The van der Waals surface area contributed by atoms with Gasteiger partial charge >= 0.3 is 0 Å². The summed E-state index contributed by atoms with van der Waals surface area (Å²) in [6, 6.07) is 9.85. The zero-order valence-corrected chi connectivity index (χ0v) is 14.7. The van der Waals surface area contributed by atoms with Crippen molar-refractivity contribution in [2.75, 3.05) is 19.7 Å². The fourth-order valence-electron chi connectivity index (χ4n) is 3.72. The SMILES string of the molecule is Cc1cc(F)ccc1C(=O)N1CC2(C[C@@H](Oc3ccccn3)CCO2)C1. The topological polar surface area (TPSA) is 51.7 Å². The molecule has 2 saturated heterocycles. The predicted molar refractivity (Wildman–Crippen MR) is 93.6 cm³/mol. The molecular weight excluding hydrogens is 335 g/mol. The molecule has 26 heavy (non-hydrogen) atoms. The summed E-state index contributed by atoms with van der Waals surface area (Å²) in [7, 11) is 0. The summed E-state index contributed by atoms with van der Waals surface area (Å²) in [5.41, 5.74) is 0.844. The Morgan fingerprint density at radius 3 is 2.92 bits per heavy atom. The molecule has 2 fully saturated rings. The third-order valence-electron chi connectivity index (χ3n) is 5.04. The van der Waals surface area contributed by atoms with E-state index in [2.05, 4.69) is 4.98 Å². The van der Waals surface area contributed by atoms with Crippen molar-refractivity contribution < 1.29 is 18.7 Å². The number of hydrogen-bond acceptors (Lipinski definition) is 4. The zero-order chi connectivity index (χ0) is 18.1. The van der Waals surface area contributed by atoms with Crippen LogP contribution >= 0.6 is 0 Å². The van der Waals surface area contributed by atoms with Crippen LogP contribution in [0.2, 0.25) is 0 Å². The van der Waals surface area contributed by atoms with E-state index in [-0.39, 0.29) is 23.4 Å². The molecular formula is C20H21FN2O3. The maximum absolute atomic E-state index is 13.3. The Morgan fingerprint density at radius 1 is 1.35 bits per heavy atom. The molecule has 1 atom stereocenters. The summed E-state index contributed by atoms with van der Waals surface area (Å²) < 4.78 is 25.2. The third-order valence-corrected chi connectivity index (χ3v) is 5.04. The van der Waals surface area contributed by atoms with Crippen molar-refractivity contribution >= 4 is 5.91 Å². The molecule has 0 radical (unpaired) electrons. The van der Waals surface area contributed by atoms with E-state index in [1.54, 1.807) is 24.1 Å². The highest BCUT2D eigenvalue weighted by atomic mass is 19.1. The Kier molecular flexibility index (Phi) is 4.36. The first kappa shape index (κ1) is 17.0. The van der Waals surface area contributed by atoms with Gasteiger partial charge in [0.1, 0.15) is 17.5 Å². The van der Waals surface area contributed by atoms with Gasteiger partial charge in [-0.3, -0.25) is 4.79 Å². The minimum absolute atomic E-state index is 0.0310. The number of halogens is 1. The number of likely N-dealkylation sites (tertiary alicyclic amines) is 1. The molecule has 136 valence electrons. The number of nitrogens with zero attached hydrogens (tertiary/aromatic N) is 2. The predicted octanol–water partition coefficient (Wildman–Crippen LogP) is 2.98. The number of aromatic nitrogens is 1. The summed E-state index contributed by atoms with van der Waals surface area (Å²) in [5, 5.41) is 0. The first-order valence-electron chi connectivity index (χ1n) is 8.82. The second kappa shape index (κ2) is 6.68. The fraction of sp³-hybridized carbons (Fsp3) is 0.400. The minimum atomic E-state index is -0.346. The van der Waals surface area contributed by atoms with E-state index in [1.165, 1.54) is 12.1 Å². The molecule has 2 aromatic rings. The number of hydrogen-bond donors (Lipinski definition) is 0. The Balaban J connectivity index is 1.38. The lowest BCUT2D eigenvalue weighted by atomic mass is 9.84. The quantitative estimate of drug-likeness (QED) is 0.848. The molecule has 0 aliphatic carbocycles. The lowest BCUT2D eigenvalue weighted by Gasteiger charge is -2.52. The average Bonchev–Trinajstić information content (AvgIpc) is 2.60. The molecule has 1 amide bonds. The van der Waals surface area contributed by atoms with Crippen molar-refractivity contribution in [3.05, 3.63) is 59.5 Å². The first-order valence-corrected chi connectivity index (χ1v) is 8.82.